The van der Waals surface area contributed by atoms with Crippen LogP contribution in [0, 0.1) is 5.82 Å². The van der Waals surface area contributed by atoms with Crippen molar-refractivity contribution < 1.29 is 19.1 Å². The van der Waals surface area contributed by atoms with Crippen molar-refractivity contribution in [1.29, 1.82) is 0 Å². The van der Waals surface area contributed by atoms with Gasteiger partial charge in [-0.1, -0.05) is 12.1 Å². The van der Waals surface area contributed by atoms with Gasteiger partial charge in [0.25, 0.3) is 0 Å². The Hall–Kier alpha value is -1.46. The van der Waals surface area contributed by atoms with Gasteiger partial charge < -0.3 is 9.94 Å². The van der Waals surface area contributed by atoms with Crippen molar-refractivity contribution >= 4 is 5.97 Å². The Morgan fingerprint density at radius 3 is 2.62 bits per heavy atom. The summed E-state index contributed by atoms with van der Waals surface area (Å²) in [5, 5.41) is 8.91. The minimum absolute atomic E-state index is 0.00400. The smallest absolute Gasteiger partial charge is 0.307 e. The monoisotopic (exact) mass is 227 g/mol. The number of nitrogens with one attached hydrogen (secondary N) is 1. The molecule has 0 bridgehead atoms. The van der Waals surface area contributed by atoms with E-state index in [0.717, 1.165) is 0 Å². The van der Waals surface area contributed by atoms with Gasteiger partial charge in [0.2, 0.25) is 0 Å². The molecular formula is C11H14FNO3. The molecule has 0 radical (unpaired) electrons. The number of hydrogen-bond donors (Lipinski definition) is 2. The Morgan fingerprint density at radius 1 is 1.50 bits per heavy atom. The van der Waals surface area contributed by atoms with Gasteiger partial charge in [-0.25, -0.2) is 4.39 Å². The predicted octanol–water partition coefficient (Wildman–Crippen LogP) is 1.80. The molecule has 2 N–H and O–H groups in total. The molecule has 1 atom stereocenters. The molecule has 0 fully saturated rings. The summed E-state index contributed by atoms with van der Waals surface area (Å²) in [5.74, 6) is -0.782. The topological polar surface area (TPSA) is 58.6 Å². The van der Waals surface area contributed by atoms with Crippen LogP contribution in [0.5, 0.6) is 0 Å². The van der Waals surface area contributed by atoms with Crippen molar-refractivity contribution in [3.05, 3.63) is 35.6 Å². The van der Waals surface area contributed by atoms with Gasteiger partial charge in [-0.15, -0.1) is 0 Å². The third-order valence-electron chi connectivity index (χ3n) is 2.10. The van der Waals surface area contributed by atoms with Gasteiger partial charge in [0, 0.05) is 0 Å². The Bertz CT molecular complexity index is 340. The highest BCUT2D eigenvalue weighted by molar-refractivity contribution is 5.70. The van der Waals surface area contributed by atoms with Crippen molar-refractivity contribution in [2.45, 2.75) is 19.4 Å². The summed E-state index contributed by atoms with van der Waals surface area (Å²) in [6, 6.07) is 4.96. The van der Waals surface area contributed by atoms with Crippen LogP contribution in [0.4, 0.5) is 4.39 Å². The first kappa shape index (κ1) is 12.6. The molecule has 4 nitrogen and oxygen atoms in total. The molecule has 16 heavy (non-hydrogen) atoms. The van der Waals surface area contributed by atoms with Crippen molar-refractivity contribution in [2.75, 3.05) is 6.61 Å². The van der Waals surface area contributed by atoms with E-state index in [-0.39, 0.29) is 12.2 Å². The molecule has 0 aliphatic carbocycles. The molecule has 88 valence electrons. The van der Waals surface area contributed by atoms with Crippen LogP contribution in [-0.2, 0) is 9.53 Å². The fraction of sp³-hybridized carbons (Fsp3) is 0.364. The van der Waals surface area contributed by atoms with Crippen LogP contribution in [0.15, 0.2) is 24.3 Å². The largest absolute Gasteiger partial charge is 0.466 e. The van der Waals surface area contributed by atoms with E-state index in [9.17, 15) is 9.18 Å². The van der Waals surface area contributed by atoms with Crippen LogP contribution in [0.2, 0.25) is 0 Å². The van der Waals surface area contributed by atoms with E-state index in [4.69, 9.17) is 9.94 Å². The van der Waals surface area contributed by atoms with Crippen LogP contribution in [0.1, 0.15) is 24.9 Å². The van der Waals surface area contributed by atoms with Gasteiger partial charge in [0.05, 0.1) is 19.1 Å². The maximum Gasteiger partial charge on any atom is 0.307 e. The van der Waals surface area contributed by atoms with E-state index in [2.05, 4.69) is 0 Å². The van der Waals surface area contributed by atoms with E-state index in [1.54, 1.807) is 6.92 Å². The second kappa shape index (κ2) is 6.19. The molecule has 0 spiro atoms. The number of benzene rings is 1. The fourth-order valence-corrected chi connectivity index (χ4v) is 1.32. The molecule has 0 amide bonds. The third kappa shape index (κ3) is 3.60. The second-order valence-corrected chi connectivity index (χ2v) is 3.24. The lowest BCUT2D eigenvalue weighted by molar-refractivity contribution is -0.144. The molecule has 1 aromatic carbocycles. The Balaban J connectivity index is 2.67. The Kier molecular flexibility index (Phi) is 4.88. The summed E-state index contributed by atoms with van der Waals surface area (Å²) in [7, 11) is 0. The van der Waals surface area contributed by atoms with Crippen LogP contribution in [-0.4, -0.2) is 17.8 Å². The van der Waals surface area contributed by atoms with E-state index in [0.29, 0.717) is 12.2 Å². The second-order valence-electron chi connectivity index (χ2n) is 3.24. The highest BCUT2D eigenvalue weighted by atomic mass is 19.1. The van der Waals surface area contributed by atoms with Crippen molar-refractivity contribution in [3.63, 3.8) is 0 Å². The third-order valence-corrected chi connectivity index (χ3v) is 2.10. The van der Waals surface area contributed by atoms with Gasteiger partial charge >= 0.3 is 5.97 Å². The van der Waals surface area contributed by atoms with Gasteiger partial charge in [0.1, 0.15) is 5.82 Å². The quantitative estimate of drug-likeness (QED) is 0.595. The molecule has 5 heteroatoms. The molecule has 0 saturated heterocycles. The van der Waals surface area contributed by atoms with Crippen molar-refractivity contribution in [1.82, 2.24) is 5.48 Å². The predicted molar refractivity (Wildman–Crippen MR) is 55.3 cm³/mol. The minimum atomic E-state index is -0.584. The first-order chi connectivity index (χ1) is 7.67. The molecule has 1 aromatic rings. The van der Waals surface area contributed by atoms with Gasteiger partial charge in [-0.05, 0) is 24.6 Å². The average Bonchev–Trinajstić information content (AvgIpc) is 2.27. The van der Waals surface area contributed by atoms with Crippen molar-refractivity contribution in [3.8, 4) is 0 Å². The number of hydroxylamine groups is 1. The number of hydrogen-bond acceptors (Lipinski definition) is 4. The van der Waals surface area contributed by atoms with Crippen LogP contribution in [0.3, 0.4) is 0 Å². The number of halogens is 1. The molecule has 0 aliphatic rings. The van der Waals surface area contributed by atoms with Crippen LogP contribution < -0.4 is 5.48 Å². The van der Waals surface area contributed by atoms with Crippen molar-refractivity contribution in [2.24, 2.45) is 0 Å². The summed E-state index contributed by atoms with van der Waals surface area (Å²) in [6.07, 6.45) is -0.00400. The lowest BCUT2D eigenvalue weighted by atomic mass is 10.0. The summed E-state index contributed by atoms with van der Waals surface area (Å²) in [6.45, 7) is 2.00. The van der Waals surface area contributed by atoms with Crippen LogP contribution in [0.25, 0.3) is 0 Å². The molecule has 0 aliphatic heterocycles. The number of carbonyl (C=O) groups is 1. The maximum atomic E-state index is 12.7. The first-order valence-corrected chi connectivity index (χ1v) is 4.98. The zero-order valence-electron chi connectivity index (χ0n) is 8.94. The fourth-order valence-electron chi connectivity index (χ4n) is 1.32. The standard InChI is InChI=1S/C11H14FNO3/c1-2-16-11(14)7-10(13-15)8-3-5-9(12)6-4-8/h3-6,10,13,15H,2,7H2,1H3/t10-/m0/s1. The normalized spacial score (nSPS) is 12.2. The molecule has 0 heterocycles. The summed E-state index contributed by atoms with van der Waals surface area (Å²) >= 11 is 0. The van der Waals surface area contributed by atoms with Crippen LogP contribution >= 0.6 is 0 Å². The SMILES string of the molecule is CCOC(=O)C[C@H](NO)c1ccc(F)cc1. The molecule has 0 saturated carbocycles. The molecule has 0 unspecified atom stereocenters. The number of ether oxygens (including phenoxy) is 1. The summed E-state index contributed by atoms with van der Waals surface area (Å²) < 4.78 is 17.4. The number of carbonyl (C=O) groups excluding carboxylic acids is 1. The zero-order chi connectivity index (χ0) is 12.0. The number of esters is 1. The Morgan fingerprint density at radius 2 is 2.12 bits per heavy atom. The van der Waals surface area contributed by atoms with E-state index in [1.165, 1.54) is 24.3 Å². The van der Waals surface area contributed by atoms with Gasteiger partial charge in [-0.3, -0.25) is 4.79 Å². The number of rotatable bonds is 5. The maximum absolute atomic E-state index is 12.7. The highest BCUT2D eigenvalue weighted by Gasteiger charge is 2.15. The summed E-state index contributed by atoms with van der Waals surface area (Å²) in [5.41, 5.74) is 2.63. The van der Waals surface area contributed by atoms with Gasteiger partial charge in [-0.2, -0.15) is 5.48 Å². The lowest BCUT2D eigenvalue weighted by Gasteiger charge is -2.14. The van der Waals surface area contributed by atoms with E-state index < -0.39 is 12.0 Å². The minimum Gasteiger partial charge on any atom is -0.466 e. The first-order valence-electron chi connectivity index (χ1n) is 4.98. The molecule has 0 aromatic heterocycles. The Labute approximate surface area is 93.0 Å². The van der Waals surface area contributed by atoms with Gasteiger partial charge in [0.15, 0.2) is 0 Å². The average molecular weight is 227 g/mol. The molecular weight excluding hydrogens is 213 g/mol. The lowest BCUT2D eigenvalue weighted by Crippen LogP contribution is -2.21. The summed E-state index contributed by atoms with van der Waals surface area (Å²) in [4.78, 5) is 11.2. The van der Waals surface area contributed by atoms with E-state index in [1.807, 2.05) is 5.48 Å². The zero-order valence-corrected chi connectivity index (χ0v) is 8.94. The highest BCUT2D eigenvalue weighted by Crippen LogP contribution is 2.17. The van der Waals surface area contributed by atoms with E-state index >= 15 is 0 Å². The molecule has 1 rings (SSSR count).